The third-order valence-corrected chi connectivity index (χ3v) is 8.43. The van der Waals surface area contributed by atoms with E-state index in [1.54, 1.807) is 6.07 Å². The van der Waals surface area contributed by atoms with Gasteiger partial charge in [0, 0.05) is 10.6 Å². The Balaban J connectivity index is 1.15. The molecule has 2 heteroatoms. The monoisotopic (exact) mass is 504 g/mol. The highest BCUT2D eigenvalue weighted by atomic mass is 35.5. The van der Waals surface area contributed by atoms with Crippen LogP contribution in [0.1, 0.15) is 87.8 Å². The van der Waals surface area contributed by atoms with Crippen molar-refractivity contribution in [2.45, 2.75) is 90.4 Å². The van der Waals surface area contributed by atoms with Crippen LogP contribution in [-0.2, 0) is 19.3 Å². The molecule has 0 nitrogen and oxygen atoms in total. The van der Waals surface area contributed by atoms with Crippen molar-refractivity contribution in [1.82, 2.24) is 0 Å². The van der Waals surface area contributed by atoms with Crippen LogP contribution in [0.15, 0.2) is 66.7 Å². The Morgan fingerprint density at radius 2 is 1.22 bits per heavy atom. The van der Waals surface area contributed by atoms with E-state index in [9.17, 15) is 4.39 Å². The standard InChI is InChI=1S/C34H42ClF/c1-2-3-4-5-6-26-7-9-27(10-8-26)11-12-28-13-15-29(16-14-28)17-18-30-19-24-33(34(36)25-30)31-20-22-32(35)23-21-31/h7-10,19-25,28-29H,2-6,11-18H2,1H3/t28-,29-. The molecule has 0 bridgehead atoms. The topological polar surface area (TPSA) is 0 Å². The van der Waals surface area contributed by atoms with Gasteiger partial charge in [0.15, 0.2) is 0 Å². The second kappa shape index (κ2) is 14.0. The first-order valence-corrected chi connectivity index (χ1v) is 14.6. The molecule has 0 aromatic heterocycles. The summed E-state index contributed by atoms with van der Waals surface area (Å²) in [7, 11) is 0. The molecule has 0 atom stereocenters. The van der Waals surface area contributed by atoms with Crippen LogP contribution in [0.25, 0.3) is 11.1 Å². The van der Waals surface area contributed by atoms with Gasteiger partial charge in [-0.05, 0) is 90.8 Å². The summed E-state index contributed by atoms with van der Waals surface area (Å²) in [6.07, 6.45) is 16.6. The Morgan fingerprint density at radius 3 is 1.81 bits per heavy atom. The van der Waals surface area contributed by atoms with E-state index in [4.69, 9.17) is 11.6 Å². The van der Waals surface area contributed by atoms with E-state index in [0.717, 1.165) is 29.4 Å². The highest BCUT2D eigenvalue weighted by molar-refractivity contribution is 6.30. The van der Waals surface area contributed by atoms with Crippen LogP contribution in [0.5, 0.6) is 0 Å². The zero-order chi connectivity index (χ0) is 25.2. The molecule has 1 saturated carbocycles. The molecule has 0 amide bonds. The Labute approximate surface area is 223 Å². The molecule has 0 unspecified atom stereocenters. The number of halogens is 2. The van der Waals surface area contributed by atoms with Gasteiger partial charge in [0.1, 0.15) is 5.82 Å². The fourth-order valence-corrected chi connectivity index (χ4v) is 5.88. The molecule has 0 radical (unpaired) electrons. The second-order valence-corrected chi connectivity index (χ2v) is 11.3. The molecule has 0 N–H and O–H groups in total. The summed E-state index contributed by atoms with van der Waals surface area (Å²) in [6, 6.07) is 22.5. The largest absolute Gasteiger partial charge is 0.206 e. The zero-order valence-corrected chi connectivity index (χ0v) is 22.7. The van der Waals surface area contributed by atoms with Gasteiger partial charge in [0.05, 0.1) is 0 Å². The summed E-state index contributed by atoms with van der Waals surface area (Å²) in [5.74, 6) is 1.52. The molecule has 0 saturated heterocycles. The Bertz CT molecular complexity index is 1050. The smallest absolute Gasteiger partial charge is 0.131 e. The van der Waals surface area contributed by atoms with Gasteiger partial charge < -0.3 is 0 Å². The first-order chi connectivity index (χ1) is 17.6. The lowest BCUT2D eigenvalue weighted by Gasteiger charge is -2.28. The first-order valence-electron chi connectivity index (χ1n) is 14.2. The van der Waals surface area contributed by atoms with Gasteiger partial charge in [-0.2, -0.15) is 0 Å². The fraction of sp³-hybridized carbons (Fsp3) is 0.471. The lowest BCUT2D eigenvalue weighted by atomic mass is 9.77. The molecular formula is C34H42ClF. The number of aryl methyl sites for hydroxylation is 3. The lowest BCUT2D eigenvalue weighted by molar-refractivity contribution is 0.253. The number of unbranched alkanes of at least 4 members (excludes halogenated alkanes) is 3. The molecule has 1 aliphatic carbocycles. The van der Waals surface area contributed by atoms with Gasteiger partial charge in [0.25, 0.3) is 0 Å². The summed E-state index contributed by atoms with van der Waals surface area (Å²) >= 11 is 5.97. The van der Waals surface area contributed by atoms with E-state index in [0.29, 0.717) is 10.6 Å². The van der Waals surface area contributed by atoms with Gasteiger partial charge >= 0.3 is 0 Å². The highest BCUT2D eigenvalue weighted by Crippen LogP contribution is 2.34. The molecular weight excluding hydrogens is 463 g/mol. The summed E-state index contributed by atoms with van der Waals surface area (Å²) in [4.78, 5) is 0. The van der Waals surface area contributed by atoms with Crippen molar-refractivity contribution < 1.29 is 4.39 Å². The van der Waals surface area contributed by atoms with E-state index in [-0.39, 0.29) is 5.82 Å². The summed E-state index contributed by atoms with van der Waals surface area (Å²) < 4.78 is 14.8. The quantitative estimate of drug-likeness (QED) is 0.215. The highest BCUT2D eigenvalue weighted by Gasteiger charge is 2.21. The SMILES string of the molecule is CCCCCCc1ccc(CC[C@H]2CC[C@H](CCc3ccc(-c4ccc(Cl)cc4)c(F)c3)CC2)cc1. The minimum absolute atomic E-state index is 0.136. The Hall–Kier alpha value is -2.12. The van der Waals surface area contributed by atoms with Gasteiger partial charge in [-0.3, -0.25) is 0 Å². The molecule has 1 fully saturated rings. The maximum Gasteiger partial charge on any atom is 0.131 e. The van der Waals surface area contributed by atoms with Gasteiger partial charge in [0.2, 0.25) is 0 Å². The van der Waals surface area contributed by atoms with Crippen LogP contribution < -0.4 is 0 Å². The average Bonchev–Trinajstić information content (AvgIpc) is 2.91. The molecule has 192 valence electrons. The molecule has 3 aromatic carbocycles. The van der Waals surface area contributed by atoms with Crippen LogP contribution in [0, 0.1) is 17.7 Å². The average molecular weight is 505 g/mol. The minimum atomic E-state index is -0.136. The predicted molar refractivity (Wildman–Crippen MR) is 153 cm³/mol. The van der Waals surface area contributed by atoms with E-state index in [1.165, 1.54) is 88.2 Å². The van der Waals surface area contributed by atoms with Crippen molar-refractivity contribution in [1.29, 1.82) is 0 Å². The van der Waals surface area contributed by atoms with Gasteiger partial charge in [-0.1, -0.05) is 112 Å². The number of rotatable bonds is 12. The number of hydrogen-bond donors (Lipinski definition) is 0. The van der Waals surface area contributed by atoms with Crippen LogP contribution in [0.3, 0.4) is 0 Å². The molecule has 0 heterocycles. The van der Waals surface area contributed by atoms with Crippen LogP contribution in [0.4, 0.5) is 4.39 Å². The molecule has 4 rings (SSSR count). The van der Waals surface area contributed by atoms with Crippen molar-refractivity contribution in [2.24, 2.45) is 11.8 Å². The molecule has 3 aromatic rings. The predicted octanol–water partition coefficient (Wildman–Crippen LogP) is 10.6. The van der Waals surface area contributed by atoms with Crippen LogP contribution in [0.2, 0.25) is 5.02 Å². The number of hydrogen-bond acceptors (Lipinski definition) is 0. The zero-order valence-electron chi connectivity index (χ0n) is 22.0. The lowest BCUT2D eigenvalue weighted by Crippen LogP contribution is -2.15. The van der Waals surface area contributed by atoms with Crippen LogP contribution >= 0.6 is 11.6 Å². The van der Waals surface area contributed by atoms with E-state index >= 15 is 0 Å². The first kappa shape index (κ1) is 26.9. The van der Waals surface area contributed by atoms with E-state index < -0.39 is 0 Å². The third-order valence-electron chi connectivity index (χ3n) is 8.18. The normalized spacial score (nSPS) is 17.9. The molecule has 0 spiro atoms. The van der Waals surface area contributed by atoms with Crippen molar-refractivity contribution in [3.8, 4) is 11.1 Å². The molecule has 36 heavy (non-hydrogen) atoms. The molecule has 1 aliphatic rings. The Kier molecular flexibility index (Phi) is 10.5. The van der Waals surface area contributed by atoms with Crippen LogP contribution in [-0.4, -0.2) is 0 Å². The van der Waals surface area contributed by atoms with Crippen molar-refractivity contribution >= 4 is 11.6 Å². The number of benzene rings is 3. The van der Waals surface area contributed by atoms with Crippen molar-refractivity contribution in [3.63, 3.8) is 0 Å². The van der Waals surface area contributed by atoms with E-state index in [1.807, 2.05) is 30.3 Å². The van der Waals surface area contributed by atoms with Gasteiger partial charge in [-0.15, -0.1) is 0 Å². The second-order valence-electron chi connectivity index (χ2n) is 10.9. The summed E-state index contributed by atoms with van der Waals surface area (Å²) in [6.45, 7) is 2.27. The van der Waals surface area contributed by atoms with Crippen molar-refractivity contribution in [3.05, 3.63) is 94.3 Å². The summed E-state index contributed by atoms with van der Waals surface area (Å²) in [5, 5.41) is 0.674. The fourth-order valence-electron chi connectivity index (χ4n) is 5.76. The van der Waals surface area contributed by atoms with E-state index in [2.05, 4.69) is 37.3 Å². The maximum absolute atomic E-state index is 14.8. The minimum Gasteiger partial charge on any atom is -0.206 e. The molecule has 0 aliphatic heterocycles. The summed E-state index contributed by atoms with van der Waals surface area (Å²) in [5.41, 5.74) is 5.63. The third kappa shape index (κ3) is 8.20. The Morgan fingerprint density at radius 1 is 0.667 bits per heavy atom. The van der Waals surface area contributed by atoms with Crippen molar-refractivity contribution in [2.75, 3.05) is 0 Å². The maximum atomic E-state index is 14.8. The van der Waals surface area contributed by atoms with Gasteiger partial charge in [-0.25, -0.2) is 4.39 Å².